The van der Waals surface area contributed by atoms with E-state index in [0.29, 0.717) is 5.56 Å². The van der Waals surface area contributed by atoms with E-state index in [4.69, 9.17) is 0 Å². The summed E-state index contributed by atoms with van der Waals surface area (Å²) >= 11 is 0. The van der Waals surface area contributed by atoms with Gasteiger partial charge in [-0.1, -0.05) is 12.1 Å². The second-order valence-corrected chi connectivity index (χ2v) is 6.62. The molecular formula is C17H20F3N3O2. The standard InChI is InChI=1S/C17H20F3N3O2/c1-8-21-13(7-14(24)22-8)17(25)23-15(9-2-3-9)10-4-5-11(16(19)20)12(18)6-10/h4-6,8-9,13,15-16,21H,2-3,7H2,1H3,(H,22,24)(H,23,25)/t8?,13?,15-/m1/s1. The Morgan fingerprint density at radius 1 is 1.32 bits per heavy atom. The SMILES string of the molecule is CC1NC(=O)CC(C(=O)N[C@@H](c2ccc(C(F)F)c(F)c2)C2CC2)N1. The second-order valence-electron chi connectivity index (χ2n) is 6.62. The first-order chi connectivity index (χ1) is 11.8. The summed E-state index contributed by atoms with van der Waals surface area (Å²) in [5.74, 6) is -1.40. The van der Waals surface area contributed by atoms with Crippen LogP contribution in [0.25, 0.3) is 0 Å². The maximum Gasteiger partial charge on any atom is 0.266 e. The Hall–Kier alpha value is -2.09. The Morgan fingerprint density at radius 2 is 2.04 bits per heavy atom. The van der Waals surface area contributed by atoms with Crippen LogP contribution >= 0.6 is 0 Å². The molecule has 1 aromatic rings. The number of hydrogen-bond donors (Lipinski definition) is 3. The van der Waals surface area contributed by atoms with Gasteiger partial charge in [-0.25, -0.2) is 13.2 Å². The van der Waals surface area contributed by atoms with E-state index in [0.717, 1.165) is 25.0 Å². The summed E-state index contributed by atoms with van der Waals surface area (Å²) in [4.78, 5) is 24.1. The number of alkyl halides is 2. The van der Waals surface area contributed by atoms with Crippen LogP contribution in [-0.2, 0) is 9.59 Å². The average molecular weight is 355 g/mol. The van der Waals surface area contributed by atoms with Crippen molar-refractivity contribution < 1.29 is 22.8 Å². The Morgan fingerprint density at radius 3 is 2.60 bits per heavy atom. The molecule has 0 bridgehead atoms. The van der Waals surface area contributed by atoms with Gasteiger partial charge in [0.1, 0.15) is 5.82 Å². The molecule has 2 amide bonds. The summed E-state index contributed by atoms with van der Waals surface area (Å²) in [6.07, 6.45) is -1.43. The van der Waals surface area contributed by atoms with Crippen LogP contribution in [0.4, 0.5) is 13.2 Å². The van der Waals surface area contributed by atoms with Crippen LogP contribution in [0.3, 0.4) is 0 Å². The van der Waals surface area contributed by atoms with Crippen molar-refractivity contribution in [2.24, 2.45) is 5.92 Å². The number of carbonyl (C=O) groups is 2. The lowest BCUT2D eigenvalue weighted by Gasteiger charge is -2.30. The fraction of sp³-hybridized carbons (Fsp3) is 0.529. The molecule has 0 aromatic heterocycles. The number of rotatable bonds is 5. The van der Waals surface area contributed by atoms with Gasteiger partial charge in [-0.3, -0.25) is 14.9 Å². The molecule has 3 N–H and O–H groups in total. The molecule has 3 atom stereocenters. The molecule has 2 aliphatic rings. The van der Waals surface area contributed by atoms with E-state index in [1.54, 1.807) is 6.92 Å². The number of hydrogen-bond acceptors (Lipinski definition) is 3. The van der Waals surface area contributed by atoms with Crippen molar-refractivity contribution in [3.8, 4) is 0 Å². The molecule has 1 saturated carbocycles. The van der Waals surface area contributed by atoms with Gasteiger partial charge < -0.3 is 10.6 Å². The van der Waals surface area contributed by atoms with E-state index >= 15 is 0 Å². The van der Waals surface area contributed by atoms with Crippen LogP contribution in [0.5, 0.6) is 0 Å². The topological polar surface area (TPSA) is 70.2 Å². The van der Waals surface area contributed by atoms with Gasteiger partial charge in [0, 0.05) is 0 Å². The molecule has 0 radical (unpaired) electrons. The fourth-order valence-corrected chi connectivity index (χ4v) is 3.13. The molecule has 5 nitrogen and oxygen atoms in total. The van der Waals surface area contributed by atoms with E-state index in [1.807, 2.05) is 0 Å². The quantitative estimate of drug-likeness (QED) is 0.758. The summed E-state index contributed by atoms with van der Waals surface area (Å²) in [6, 6.07) is 2.43. The van der Waals surface area contributed by atoms with Crippen molar-refractivity contribution >= 4 is 11.8 Å². The molecule has 1 heterocycles. The molecule has 2 unspecified atom stereocenters. The van der Waals surface area contributed by atoms with Gasteiger partial charge >= 0.3 is 0 Å². The minimum Gasteiger partial charge on any atom is -0.348 e. The first-order valence-electron chi connectivity index (χ1n) is 8.28. The third-order valence-electron chi connectivity index (χ3n) is 4.54. The molecule has 25 heavy (non-hydrogen) atoms. The van der Waals surface area contributed by atoms with E-state index in [9.17, 15) is 22.8 Å². The zero-order valence-corrected chi connectivity index (χ0v) is 13.7. The number of benzene rings is 1. The van der Waals surface area contributed by atoms with Gasteiger partial charge in [0.05, 0.1) is 30.2 Å². The number of carbonyl (C=O) groups excluding carboxylic acids is 2. The first kappa shape index (κ1) is 17.7. The van der Waals surface area contributed by atoms with Crippen LogP contribution in [0.1, 0.15) is 49.8 Å². The Labute approximate surface area is 143 Å². The molecule has 0 spiro atoms. The van der Waals surface area contributed by atoms with Crippen LogP contribution in [0.15, 0.2) is 18.2 Å². The monoisotopic (exact) mass is 355 g/mol. The molecule has 8 heteroatoms. The molecule has 2 fully saturated rings. The highest BCUT2D eigenvalue weighted by Crippen LogP contribution is 2.41. The van der Waals surface area contributed by atoms with Gasteiger partial charge in [0.25, 0.3) is 6.43 Å². The molecule has 136 valence electrons. The number of halogens is 3. The largest absolute Gasteiger partial charge is 0.348 e. The lowest BCUT2D eigenvalue weighted by atomic mass is 9.99. The zero-order chi connectivity index (χ0) is 18.1. The normalized spacial score (nSPS) is 24.8. The number of amides is 2. The molecule has 1 aliphatic carbocycles. The van der Waals surface area contributed by atoms with Crippen LogP contribution in [-0.4, -0.2) is 24.0 Å². The second kappa shape index (κ2) is 7.03. The minimum atomic E-state index is -2.88. The van der Waals surface area contributed by atoms with E-state index < -0.39 is 29.9 Å². The van der Waals surface area contributed by atoms with E-state index in [1.165, 1.54) is 6.07 Å². The Bertz CT molecular complexity index is 679. The summed E-state index contributed by atoms with van der Waals surface area (Å²) in [5.41, 5.74) is -0.185. The van der Waals surface area contributed by atoms with E-state index in [-0.39, 0.29) is 30.3 Å². The first-order valence-corrected chi connectivity index (χ1v) is 8.28. The minimum absolute atomic E-state index is 0.0201. The fourth-order valence-electron chi connectivity index (χ4n) is 3.13. The van der Waals surface area contributed by atoms with Crippen LogP contribution < -0.4 is 16.0 Å². The van der Waals surface area contributed by atoms with Crippen LogP contribution in [0.2, 0.25) is 0 Å². The molecule has 3 rings (SSSR count). The third-order valence-corrected chi connectivity index (χ3v) is 4.54. The predicted molar refractivity (Wildman–Crippen MR) is 84.1 cm³/mol. The van der Waals surface area contributed by atoms with Crippen molar-refractivity contribution in [3.63, 3.8) is 0 Å². The Kier molecular flexibility index (Phi) is 4.99. The summed E-state index contributed by atoms with van der Waals surface area (Å²) < 4.78 is 39.3. The highest BCUT2D eigenvalue weighted by molar-refractivity contribution is 5.89. The predicted octanol–water partition coefficient (Wildman–Crippen LogP) is 2.15. The highest BCUT2D eigenvalue weighted by atomic mass is 19.3. The van der Waals surface area contributed by atoms with Crippen molar-refractivity contribution in [2.75, 3.05) is 0 Å². The Balaban J connectivity index is 1.75. The van der Waals surface area contributed by atoms with Gasteiger partial charge in [-0.15, -0.1) is 0 Å². The maximum absolute atomic E-state index is 13.9. The van der Waals surface area contributed by atoms with Crippen molar-refractivity contribution in [1.82, 2.24) is 16.0 Å². The molecule has 1 aliphatic heterocycles. The summed E-state index contributed by atoms with van der Waals surface area (Å²) in [7, 11) is 0. The maximum atomic E-state index is 13.9. The molecule has 1 aromatic carbocycles. The highest BCUT2D eigenvalue weighted by Gasteiger charge is 2.36. The van der Waals surface area contributed by atoms with Gasteiger partial charge in [0.2, 0.25) is 11.8 Å². The smallest absolute Gasteiger partial charge is 0.266 e. The van der Waals surface area contributed by atoms with Gasteiger partial charge in [-0.2, -0.15) is 0 Å². The lowest BCUT2D eigenvalue weighted by molar-refractivity contribution is -0.132. The van der Waals surface area contributed by atoms with Crippen LogP contribution in [0, 0.1) is 11.7 Å². The molecule has 1 saturated heterocycles. The number of nitrogens with one attached hydrogen (secondary N) is 3. The summed E-state index contributed by atoms with van der Waals surface area (Å²) in [6.45, 7) is 1.73. The molecular weight excluding hydrogens is 335 g/mol. The van der Waals surface area contributed by atoms with E-state index in [2.05, 4.69) is 16.0 Å². The van der Waals surface area contributed by atoms with Crippen molar-refractivity contribution in [2.45, 2.75) is 50.9 Å². The van der Waals surface area contributed by atoms with Crippen molar-refractivity contribution in [3.05, 3.63) is 35.1 Å². The third kappa shape index (κ3) is 4.12. The summed E-state index contributed by atoms with van der Waals surface area (Å²) in [5, 5.41) is 8.49. The van der Waals surface area contributed by atoms with Gasteiger partial charge in [0.15, 0.2) is 0 Å². The lowest BCUT2D eigenvalue weighted by Crippen LogP contribution is -2.59. The zero-order valence-electron chi connectivity index (χ0n) is 13.7. The average Bonchev–Trinajstić information content (AvgIpc) is 3.35. The van der Waals surface area contributed by atoms with Gasteiger partial charge in [-0.05, 0) is 37.3 Å². The van der Waals surface area contributed by atoms with Crippen molar-refractivity contribution in [1.29, 1.82) is 0 Å².